The molecule has 0 saturated heterocycles. The van der Waals surface area contributed by atoms with Crippen molar-refractivity contribution in [1.29, 1.82) is 0 Å². The summed E-state index contributed by atoms with van der Waals surface area (Å²) in [6.07, 6.45) is 0.676. The zero-order chi connectivity index (χ0) is 14.0. The Kier molecular flexibility index (Phi) is 3.57. The van der Waals surface area contributed by atoms with Crippen LogP contribution in [0.4, 0.5) is 5.69 Å². The first kappa shape index (κ1) is 13.2. The molecule has 1 atom stereocenters. The predicted molar refractivity (Wildman–Crippen MR) is 68.3 cm³/mol. The highest BCUT2D eigenvalue weighted by Crippen LogP contribution is 2.26. The minimum atomic E-state index is -0.457. The molecule has 0 aliphatic heterocycles. The number of nitrogens with zero attached hydrogens (tertiary/aromatic N) is 3. The van der Waals surface area contributed by atoms with E-state index in [1.807, 2.05) is 13.8 Å². The van der Waals surface area contributed by atoms with Gasteiger partial charge in [-0.2, -0.15) is 4.98 Å². The van der Waals surface area contributed by atoms with Gasteiger partial charge < -0.3 is 10.3 Å². The number of benzene rings is 1. The van der Waals surface area contributed by atoms with E-state index in [9.17, 15) is 10.1 Å². The number of rotatable bonds is 4. The fraction of sp³-hybridized carbons (Fsp3) is 0.333. The minimum Gasteiger partial charge on any atom is -0.337 e. The SMILES string of the molecule is CC[C@@H](N)c1nc(-c2cc([N+](=O)[O-])ccc2C)no1. The van der Waals surface area contributed by atoms with Gasteiger partial charge in [0.1, 0.15) is 0 Å². The van der Waals surface area contributed by atoms with Crippen molar-refractivity contribution in [3.05, 3.63) is 39.8 Å². The second-order valence-electron chi connectivity index (χ2n) is 4.23. The van der Waals surface area contributed by atoms with Crippen molar-refractivity contribution in [3.63, 3.8) is 0 Å². The maximum atomic E-state index is 10.8. The standard InChI is InChI=1S/C12H14N4O3/c1-3-10(13)12-14-11(15-19-12)9-6-8(16(17)18)5-4-7(9)2/h4-6,10H,3,13H2,1-2H3/t10-/m1/s1. The van der Waals surface area contributed by atoms with Crippen LogP contribution in [0.25, 0.3) is 11.4 Å². The van der Waals surface area contributed by atoms with Gasteiger partial charge in [0.15, 0.2) is 0 Å². The van der Waals surface area contributed by atoms with Crippen molar-refractivity contribution in [2.45, 2.75) is 26.3 Å². The van der Waals surface area contributed by atoms with Gasteiger partial charge in [0, 0.05) is 17.7 Å². The first-order chi connectivity index (χ1) is 9.02. The zero-order valence-corrected chi connectivity index (χ0v) is 10.7. The van der Waals surface area contributed by atoms with Crippen molar-refractivity contribution < 1.29 is 9.45 Å². The molecule has 0 fully saturated rings. The molecule has 100 valence electrons. The average Bonchev–Trinajstić information content (AvgIpc) is 2.87. The lowest BCUT2D eigenvalue weighted by Crippen LogP contribution is -2.08. The number of nitro benzene ring substituents is 1. The topological polar surface area (TPSA) is 108 Å². The van der Waals surface area contributed by atoms with Gasteiger partial charge in [-0.05, 0) is 18.9 Å². The molecule has 0 unspecified atom stereocenters. The van der Waals surface area contributed by atoms with Crippen LogP contribution in [-0.2, 0) is 0 Å². The van der Waals surface area contributed by atoms with Crippen LogP contribution in [0, 0.1) is 17.0 Å². The van der Waals surface area contributed by atoms with Crippen LogP contribution < -0.4 is 5.73 Å². The summed E-state index contributed by atoms with van der Waals surface area (Å²) in [6, 6.07) is 4.21. The van der Waals surface area contributed by atoms with Gasteiger partial charge in [0.2, 0.25) is 11.7 Å². The Bertz CT molecular complexity index is 609. The smallest absolute Gasteiger partial charge is 0.270 e. The van der Waals surface area contributed by atoms with E-state index in [0.717, 1.165) is 5.56 Å². The summed E-state index contributed by atoms with van der Waals surface area (Å²) in [4.78, 5) is 14.5. The quantitative estimate of drug-likeness (QED) is 0.669. The third-order valence-electron chi connectivity index (χ3n) is 2.87. The van der Waals surface area contributed by atoms with Gasteiger partial charge in [-0.3, -0.25) is 10.1 Å². The molecule has 7 heteroatoms. The molecule has 2 aromatic rings. The van der Waals surface area contributed by atoms with E-state index in [-0.39, 0.29) is 11.7 Å². The molecule has 7 nitrogen and oxygen atoms in total. The Morgan fingerprint density at radius 1 is 1.53 bits per heavy atom. The Morgan fingerprint density at radius 2 is 2.26 bits per heavy atom. The molecule has 0 radical (unpaired) electrons. The van der Waals surface area contributed by atoms with E-state index < -0.39 is 4.92 Å². The van der Waals surface area contributed by atoms with E-state index in [1.54, 1.807) is 6.07 Å². The number of aromatic nitrogens is 2. The van der Waals surface area contributed by atoms with Crippen molar-refractivity contribution in [2.24, 2.45) is 5.73 Å². The molecule has 0 aliphatic rings. The summed E-state index contributed by atoms with van der Waals surface area (Å²) in [5.41, 5.74) is 7.20. The van der Waals surface area contributed by atoms with E-state index in [4.69, 9.17) is 10.3 Å². The molecule has 19 heavy (non-hydrogen) atoms. The predicted octanol–water partition coefficient (Wildman–Crippen LogP) is 2.36. The molecular formula is C12H14N4O3. The largest absolute Gasteiger partial charge is 0.337 e. The maximum Gasteiger partial charge on any atom is 0.270 e. The Labute approximate surface area is 109 Å². The summed E-state index contributed by atoms with van der Waals surface area (Å²) >= 11 is 0. The summed E-state index contributed by atoms with van der Waals surface area (Å²) in [6.45, 7) is 3.74. The van der Waals surface area contributed by atoms with Crippen molar-refractivity contribution in [3.8, 4) is 11.4 Å². The maximum absolute atomic E-state index is 10.8. The summed E-state index contributed by atoms with van der Waals surface area (Å²) in [5, 5.41) is 14.6. The van der Waals surface area contributed by atoms with E-state index in [0.29, 0.717) is 23.7 Å². The highest BCUT2D eigenvalue weighted by molar-refractivity contribution is 5.63. The fourth-order valence-electron chi connectivity index (χ4n) is 1.63. The minimum absolute atomic E-state index is 0.00765. The van der Waals surface area contributed by atoms with Gasteiger partial charge in [0.25, 0.3) is 5.69 Å². The average molecular weight is 262 g/mol. The van der Waals surface area contributed by atoms with Crippen molar-refractivity contribution in [2.75, 3.05) is 0 Å². The zero-order valence-electron chi connectivity index (χ0n) is 10.7. The first-order valence-electron chi connectivity index (χ1n) is 5.87. The molecule has 0 saturated carbocycles. The third-order valence-corrected chi connectivity index (χ3v) is 2.87. The summed E-state index contributed by atoms with van der Waals surface area (Å²) in [5.74, 6) is 0.656. The summed E-state index contributed by atoms with van der Waals surface area (Å²) in [7, 11) is 0. The number of aryl methyl sites for hydroxylation is 1. The first-order valence-corrected chi connectivity index (χ1v) is 5.87. The van der Waals surface area contributed by atoms with Crippen LogP contribution in [0.5, 0.6) is 0 Å². The monoisotopic (exact) mass is 262 g/mol. The number of non-ortho nitro benzene ring substituents is 1. The lowest BCUT2D eigenvalue weighted by molar-refractivity contribution is -0.384. The molecule has 0 bridgehead atoms. The third kappa shape index (κ3) is 2.60. The molecule has 1 aromatic carbocycles. The number of nitro groups is 1. The van der Waals surface area contributed by atoms with Gasteiger partial charge >= 0.3 is 0 Å². The van der Waals surface area contributed by atoms with E-state index in [1.165, 1.54) is 12.1 Å². The molecule has 0 amide bonds. The highest BCUT2D eigenvalue weighted by atomic mass is 16.6. The van der Waals surface area contributed by atoms with Crippen LogP contribution in [0.2, 0.25) is 0 Å². The van der Waals surface area contributed by atoms with Crippen LogP contribution >= 0.6 is 0 Å². The van der Waals surface area contributed by atoms with Crippen LogP contribution in [0.3, 0.4) is 0 Å². The van der Waals surface area contributed by atoms with Crippen molar-refractivity contribution >= 4 is 5.69 Å². The van der Waals surface area contributed by atoms with Gasteiger partial charge in [-0.1, -0.05) is 18.1 Å². The van der Waals surface area contributed by atoms with E-state index in [2.05, 4.69) is 10.1 Å². The van der Waals surface area contributed by atoms with E-state index >= 15 is 0 Å². The number of hydrogen-bond donors (Lipinski definition) is 1. The molecule has 1 heterocycles. The normalized spacial score (nSPS) is 12.4. The molecule has 0 aliphatic carbocycles. The second-order valence-corrected chi connectivity index (χ2v) is 4.23. The Morgan fingerprint density at radius 3 is 2.89 bits per heavy atom. The van der Waals surface area contributed by atoms with Crippen LogP contribution in [0.1, 0.15) is 30.8 Å². The van der Waals surface area contributed by atoms with Gasteiger partial charge in [0.05, 0.1) is 11.0 Å². The molecule has 2 rings (SSSR count). The fourth-order valence-corrected chi connectivity index (χ4v) is 1.63. The Hall–Kier alpha value is -2.28. The molecular weight excluding hydrogens is 248 g/mol. The van der Waals surface area contributed by atoms with Crippen molar-refractivity contribution in [1.82, 2.24) is 10.1 Å². The number of hydrogen-bond acceptors (Lipinski definition) is 6. The lowest BCUT2D eigenvalue weighted by atomic mass is 10.1. The Balaban J connectivity index is 2.43. The lowest BCUT2D eigenvalue weighted by Gasteiger charge is -2.01. The number of nitrogens with two attached hydrogens (primary N) is 1. The molecule has 2 N–H and O–H groups in total. The molecule has 1 aromatic heterocycles. The summed E-state index contributed by atoms with van der Waals surface area (Å²) < 4.78 is 5.07. The highest BCUT2D eigenvalue weighted by Gasteiger charge is 2.17. The second kappa shape index (κ2) is 5.15. The van der Waals surface area contributed by atoms with Gasteiger partial charge in [-0.25, -0.2) is 0 Å². The van der Waals surface area contributed by atoms with Gasteiger partial charge in [-0.15, -0.1) is 0 Å². The van der Waals surface area contributed by atoms with Crippen LogP contribution in [0.15, 0.2) is 22.7 Å². The van der Waals surface area contributed by atoms with Crippen LogP contribution in [-0.4, -0.2) is 15.1 Å². The molecule has 0 spiro atoms.